The molecule has 0 aromatic heterocycles. The van der Waals surface area contributed by atoms with Crippen molar-refractivity contribution in [2.45, 2.75) is 47.0 Å². The van der Waals surface area contributed by atoms with Crippen molar-refractivity contribution in [2.75, 3.05) is 30.3 Å². The Bertz CT molecular complexity index is 559. The maximum absolute atomic E-state index is 11.8. The van der Waals surface area contributed by atoms with Gasteiger partial charge in [-0.05, 0) is 48.8 Å². The van der Waals surface area contributed by atoms with Gasteiger partial charge < -0.3 is 15.4 Å². The molecule has 0 aliphatic heterocycles. The number of benzene rings is 1. The summed E-state index contributed by atoms with van der Waals surface area (Å²) in [5.74, 6) is 1.37. The van der Waals surface area contributed by atoms with Crippen molar-refractivity contribution in [3.05, 3.63) is 23.8 Å². The Labute approximate surface area is 146 Å². The molecule has 0 radical (unpaired) electrons. The fraction of sp³-hybridized carbons (Fsp3) is 0.650. The number of nitrogen functional groups attached to an aromatic ring is 1. The molecular formula is C20H32N2O2. The standard InChI is InChI=1S/C20H32N2O2/c1-6-24-20(23)17-10-16(17)15-7-8-19(18(21)9-15)22(11-13(2)3)12-14(4)5/h7-9,13-14,16-17H,6,10-12,21H2,1-5H3/t16-,17-/m0/s1. The summed E-state index contributed by atoms with van der Waals surface area (Å²) in [4.78, 5) is 14.2. The van der Waals surface area contributed by atoms with E-state index in [1.165, 1.54) is 0 Å². The SMILES string of the molecule is CCOC(=O)[C@H]1C[C@H]1c1ccc(N(CC(C)C)CC(C)C)c(N)c1. The Morgan fingerprint density at radius 3 is 2.38 bits per heavy atom. The maximum atomic E-state index is 11.8. The first kappa shape index (κ1) is 18.6. The third-order valence-corrected chi connectivity index (χ3v) is 4.37. The first-order chi connectivity index (χ1) is 11.3. The summed E-state index contributed by atoms with van der Waals surface area (Å²) in [6.45, 7) is 13.2. The molecule has 1 saturated carbocycles. The second-order valence-corrected chi connectivity index (χ2v) is 7.71. The minimum atomic E-state index is -0.0774. The van der Waals surface area contributed by atoms with E-state index in [4.69, 9.17) is 10.5 Å². The molecule has 1 aliphatic rings. The third kappa shape index (κ3) is 4.65. The van der Waals surface area contributed by atoms with E-state index in [-0.39, 0.29) is 17.8 Å². The van der Waals surface area contributed by atoms with Crippen LogP contribution in [0, 0.1) is 17.8 Å². The van der Waals surface area contributed by atoms with Crippen LogP contribution in [0.3, 0.4) is 0 Å². The van der Waals surface area contributed by atoms with Gasteiger partial charge in [0, 0.05) is 13.1 Å². The number of rotatable bonds is 8. The number of ether oxygens (including phenoxy) is 1. The monoisotopic (exact) mass is 332 g/mol. The summed E-state index contributed by atoms with van der Waals surface area (Å²) in [6.07, 6.45) is 0.874. The molecule has 0 spiro atoms. The van der Waals surface area contributed by atoms with E-state index < -0.39 is 0 Å². The van der Waals surface area contributed by atoms with Gasteiger partial charge in [-0.15, -0.1) is 0 Å². The van der Waals surface area contributed by atoms with Crippen LogP contribution >= 0.6 is 0 Å². The minimum absolute atomic E-state index is 0.0117. The van der Waals surface area contributed by atoms with Crippen LogP contribution in [0.5, 0.6) is 0 Å². The summed E-state index contributed by atoms with van der Waals surface area (Å²) in [6, 6.07) is 6.30. The molecule has 0 saturated heterocycles. The average Bonchev–Trinajstić information content (AvgIpc) is 3.26. The molecule has 4 nitrogen and oxygen atoms in total. The van der Waals surface area contributed by atoms with Crippen LogP contribution in [0.15, 0.2) is 18.2 Å². The maximum Gasteiger partial charge on any atom is 0.309 e. The van der Waals surface area contributed by atoms with E-state index in [9.17, 15) is 4.79 Å². The summed E-state index contributed by atoms with van der Waals surface area (Å²) >= 11 is 0. The Morgan fingerprint density at radius 1 is 1.25 bits per heavy atom. The van der Waals surface area contributed by atoms with Crippen LogP contribution in [0.1, 0.15) is 52.5 Å². The quantitative estimate of drug-likeness (QED) is 0.576. The summed E-state index contributed by atoms with van der Waals surface area (Å²) in [5.41, 5.74) is 9.43. The molecule has 1 aliphatic carbocycles. The van der Waals surface area contributed by atoms with E-state index in [1.807, 2.05) is 13.0 Å². The van der Waals surface area contributed by atoms with Gasteiger partial charge >= 0.3 is 5.97 Å². The largest absolute Gasteiger partial charge is 0.466 e. The zero-order chi connectivity index (χ0) is 17.9. The molecule has 1 aromatic carbocycles. The Kier molecular flexibility index (Phi) is 6.14. The fourth-order valence-corrected chi connectivity index (χ4v) is 3.32. The fourth-order valence-electron chi connectivity index (χ4n) is 3.32. The molecule has 1 aromatic rings. The van der Waals surface area contributed by atoms with Crippen LogP contribution in [-0.2, 0) is 9.53 Å². The number of carbonyl (C=O) groups is 1. The molecule has 0 unspecified atom stereocenters. The van der Waals surface area contributed by atoms with Crippen LogP contribution in [-0.4, -0.2) is 25.7 Å². The Hall–Kier alpha value is -1.71. The minimum Gasteiger partial charge on any atom is -0.466 e. The van der Waals surface area contributed by atoms with Crippen molar-refractivity contribution in [2.24, 2.45) is 17.8 Å². The number of carbonyl (C=O) groups excluding carboxylic acids is 1. The molecule has 2 N–H and O–H groups in total. The average molecular weight is 332 g/mol. The molecule has 134 valence electrons. The van der Waals surface area contributed by atoms with Crippen molar-refractivity contribution in [3.8, 4) is 0 Å². The van der Waals surface area contributed by atoms with Crippen molar-refractivity contribution < 1.29 is 9.53 Å². The normalized spacial score (nSPS) is 19.6. The summed E-state index contributed by atoms with van der Waals surface area (Å²) in [7, 11) is 0. The van der Waals surface area contributed by atoms with Crippen LogP contribution in [0.25, 0.3) is 0 Å². The van der Waals surface area contributed by atoms with Gasteiger partial charge in [-0.1, -0.05) is 33.8 Å². The van der Waals surface area contributed by atoms with E-state index >= 15 is 0 Å². The zero-order valence-electron chi connectivity index (χ0n) is 15.7. The number of anilines is 2. The van der Waals surface area contributed by atoms with E-state index in [1.54, 1.807) is 0 Å². The molecule has 0 bridgehead atoms. The van der Waals surface area contributed by atoms with Gasteiger partial charge in [0.15, 0.2) is 0 Å². The summed E-state index contributed by atoms with van der Waals surface area (Å²) < 4.78 is 5.12. The highest BCUT2D eigenvalue weighted by Gasteiger charge is 2.45. The number of esters is 1. The smallest absolute Gasteiger partial charge is 0.309 e. The second kappa shape index (κ2) is 7.91. The first-order valence-corrected chi connectivity index (χ1v) is 9.14. The van der Waals surface area contributed by atoms with Gasteiger partial charge in [0.1, 0.15) is 0 Å². The lowest BCUT2D eigenvalue weighted by molar-refractivity contribution is -0.144. The van der Waals surface area contributed by atoms with Crippen LogP contribution in [0.2, 0.25) is 0 Å². The second-order valence-electron chi connectivity index (χ2n) is 7.71. The highest BCUT2D eigenvalue weighted by atomic mass is 16.5. The third-order valence-electron chi connectivity index (χ3n) is 4.37. The number of nitrogens with zero attached hydrogens (tertiary/aromatic N) is 1. The van der Waals surface area contributed by atoms with E-state index in [0.29, 0.717) is 18.4 Å². The van der Waals surface area contributed by atoms with Gasteiger partial charge in [-0.2, -0.15) is 0 Å². The molecule has 0 amide bonds. The van der Waals surface area contributed by atoms with Crippen molar-refractivity contribution in [3.63, 3.8) is 0 Å². The van der Waals surface area contributed by atoms with Gasteiger partial charge in [-0.3, -0.25) is 4.79 Å². The molecule has 1 fully saturated rings. The van der Waals surface area contributed by atoms with E-state index in [0.717, 1.165) is 36.4 Å². The lowest BCUT2D eigenvalue weighted by atomic mass is 10.0. The molecule has 4 heteroatoms. The highest BCUT2D eigenvalue weighted by Crippen LogP contribution is 2.49. The molecule has 2 rings (SSSR count). The lowest BCUT2D eigenvalue weighted by Crippen LogP contribution is -2.31. The Balaban J connectivity index is 2.12. The lowest BCUT2D eigenvalue weighted by Gasteiger charge is -2.30. The topological polar surface area (TPSA) is 55.6 Å². The number of hydrogen-bond acceptors (Lipinski definition) is 4. The summed E-state index contributed by atoms with van der Waals surface area (Å²) in [5, 5.41) is 0. The van der Waals surface area contributed by atoms with Gasteiger partial charge in [0.25, 0.3) is 0 Å². The molecule has 2 atom stereocenters. The van der Waals surface area contributed by atoms with Crippen molar-refractivity contribution in [1.82, 2.24) is 0 Å². The molecule has 0 heterocycles. The van der Waals surface area contributed by atoms with Gasteiger partial charge in [-0.25, -0.2) is 0 Å². The highest BCUT2D eigenvalue weighted by molar-refractivity contribution is 5.78. The molecular weight excluding hydrogens is 300 g/mol. The van der Waals surface area contributed by atoms with Gasteiger partial charge in [0.05, 0.1) is 23.9 Å². The first-order valence-electron chi connectivity index (χ1n) is 9.14. The zero-order valence-corrected chi connectivity index (χ0v) is 15.7. The molecule has 24 heavy (non-hydrogen) atoms. The number of nitrogens with two attached hydrogens (primary N) is 1. The number of hydrogen-bond donors (Lipinski definition) is 1. The Morgan fingerprint density at radius 2 is 1.88 bits per heavy atom. The van der Waals surface area contributed by atoms with Crippen molar-refractivity contribution in [1.29, 1.82) is 0 Å². The van der Waals surface area contributed by atoms with E-state index in [2.05, 4.69) is 44.7 Å². The van der Waals surface area contributed by atoms with Gasteiger partial charge in [0.2, 0.25) is 0 Å². The van der Waals surface area contributed by atoms with Crippen molar-refractivity contribution >= 4 is 17.3 Å². The predicted molar refractivity (Wildman–Crippen MR) is 100 cm³/mol. The predicted octanol–water partition coefficient (Wildman–Crippen LogP) is 4.05. The van der Waals surface area contributed by atoms with Crippen LogP contribution in [0.4, 0.5) is 11.4 Å². The van der Waals surface area contributed by atoms with Crippen LogP contribution < -0.4 is 10.6 Å².